The molecule has 1 amide bonds. The summed E-state index contributed by atoms with van der Waals surface area (Å²) in [6.07, 6.45) is -0.0729. The molecule has 0 aliphatic rings. The summed E-state index contributed by atoms with van der Waals surface area (Å²) in [4.78, 5) is 23.3. The summed E-state index contributed by atoms with van der Waals surface area (Å²) in [6, 6.07) is 7.33. The Balaban J connectivity index is 2.31. The topological polar surface area (TPSA) is 90.6 Å². The van der Waals surface area contributed by atoms with E-state index in [0.717, 1.165) is 5.56 Å². The number of nitrogens with two attached hydrogens (primary N) is 1. The average molecular weight is 294 g/mol. The summed E-state index contributed by atoms with van der Waals surface area (Å²) < 4.78 is 9.89. The summed E-state index contributed by atoms with van der Waals surface area (Å²) >= 11 is 0. The Bertz CT molecular complexity index is 476. The van der Waals surface area contributed by atoms with Gasteiger partial charge in [-0.05, 0) is 31.0 Å². The van der Waals surface area contributed by atoms with Crippen LogP contribution in [0.15, 0.2) is 24.3 Å². The molecule has 1 atom stereocenters. The maximum Gasteiger partial charge on any atom is 0.306 e. The van der Waals surface area contributed by atoms with Gasteiger partial charge in [-0.2, -0.15) is 0 Å². The van der Waals surface area contributed by atoms with Crippen LogP contribution in [0.25, 0.3) is 0 Å². The van der Waals surface area contributed by atoms with Crippen LogP contribution < -0.4 is 11.1 Å². The number of ether oxygens (including phenoxy) is 2. The van der Waals surface area contributed by atoms with E-state index in [9.17, 15) is 9.59 Å². The summed E-state index contributed by atoms with van der Waals surface area (Å²) in [5.41, 5.74) is 7.29. The standard InChI is InChI=1S/C15H22N2O4/c1-11(15(19)17-8-9-20-2)21-14(18)7-6-12-4-3-5-13(16)10-12/h3-5,10-11H,6-9,16H2,1-2H3,(H,17,19). The highest BCUT2D eigenvalue weighted by atomic mass is 16.5. The molecular formula is C15H22N2O4. The van der Waals surface area contributed by atoms with Crippen molar-refractivity contribution >= 4 is 17.6 Å². The summed E-state index contributed by atoms with van der Waals surface area (Å²) in [5.74, 6) is -0.740. The number of carbonyl (C=O) groups is 2. The van der Waals surface area contributed by atoms with Crippen molar-refractivity contribution in [3.63, 3.8) is 0 Å². The third kappa shape index (κ3) is 6.76. The molecule has 1 aromatic rings. The quantitative estimate of drug-likeness (QED) is 0.422. The Kier molecular flexibility index (Phi) is 7.25. The summed E-state index contributed by atoms with van der Waals surface area (Å²) in [7, 11) is 1.55. The van der Waals surface area contributed by atoms with E-state index in [1.807, 2.05) is 18.2 Å². The van der Waals surface area contributed by atoms with Gasteiger partial charge in [-0.25, -0.2) is 0 Å². The van der Waals surface area contributed by atoms with Crippen LogP contribution in [0, 0.1) is 0 Å². The molecule has 1 aromatic carbocycles. The molecule has 1 unspecified atom stereocenters. The smallest absolute Gasteiger partial charge is 0.306 e. The van der Waals surface area contributed by atoms with Gasteiger partial charge in [0.2, 0.25) is 0 Å². The van der Waals surface area contributed by atoms with E-state index in [1.54, 1.807) is 20.1 Å². The summed E-state index contributed by atoms with van der Waals surface area (Å²) in [6.45, 7) is 2.35. The predicted octanol–water partition coefficient (Wildman–Crippen LogP) is 0.896. The second-order valence-corrected chi connectivity index (χ2v) is 4.66. The Morgan fingerprint density at radius 1 is 1.38 bits per heavy atom. The van der Waals surface area contributed by atoms with Gasteiger partial charge in [-0.1, -0.05) is 12.1 Å². The minimum atomic E-state index is -0.810. The van der Waals surface area contributed by atoms with Crippen molar-refractivity contribution in [2.45, 2.75) is 25.9 Å². The second-order valence-electron chi connectivity index (χ2n) is 4.66. The molecule has 0 bridgehead atoms. The van der Waals surface area contributed by atoms with Crippen LogP contribution in [0.3, 0.4) is 0 Å². The van der Waals surface area contributed by atoms with Crippen LogP contribution in [0.2, 0.25) is 0 Å². The number of hydrogen-bond acceptors (Lipinski definition) is 5. The normalized spacial score (nSPS) is 11.7. The zero-order valence-corrected chi connectivity index (χ0v) is 12.4. The van der Waals surface area contributed by atoms with E-state index in [1.165, 1.54) is 0 Å². The molecule has 6 heteroatoms. The molecule has 1 rings (SSSR count). The average Bonchev–Trinajstić information content (AvgIpc) is 2.45. The first-order valence-electron chi connectivity index (χ1n) is 6.83. The van der Waals surface area contributed by atoms with Gasteiger partial charge in [-0.3, -0.25) is 9.59 Å². The van der Waals surface area contributed by atoms with E-state index < -0.39 is 12.1 Å². The number of carbonyl (C=O) groups excluding carboxylic acids is 2. The molecule has 0 aliphatic carbocycles. The molecule has 0 spiro atoms. The summed E-state index contributed by atoms with van der Waals surface area (Å²) in [5, 5.41) is 2.61. The van der Waals surface area contributed by atoms with Gasteiger partial charge < -0.3 is 20.5 Å². The highest BCUT2D eigenvalue weighted by Crippen LogP contribution is 2.09. The maximum absolute atomic E-state index is 11.7. The molecule has 0 radical (unpaired) electrons. The molecule has 0 heterocycles. The first kappa shape index (κ1) is 17.0. The minimum Gasteiger partial charge on any atom is -0.453 e. The van der Waals surface area contributed by atoms with Gasteiger partial charge in [-0.15, -0.1) is 0 Å². The van der Waals surface area contributed by atoms with Crippen LogP contribution >= 0.6 is 0 Å². The lowest BCUT2D eigenvalue weighted by molar-refractivity contribution is -0.154. The van der Waals surface area contributed by atoms with Gasteiger partial charge in [0, 0.05) is 25.8 Å². The van der Waals surface area contributed by atoms with E-state index in [2.05, 4.69) is 5.32 Å². The third-order valence-electron chi connectivity index (χ3n) is 2.85. The molecule has 6 nitrogen and oxygen atoms in total. The molecule has 3 N–H and O–H groups in total. The Morgan fingerprint density at radius 2 is 2.14 bits per heavy atom. The molecule has 21 heavy (non-hydrogen) atoms. The second kappa shape index (κ2) is 8.97. The van der Waals surface area contributed by atoms with E-state index in [4.69, 9.17) is 15.2 Å². The van der Waals surface area contributed by atoms with E-state index in [-0.39, 0.29) is 12.3 Å². The maximum atomic E-state index is 11.7. The number of amides is 1. The highest BCUT2D eigenvalue weighted by Gasteiger charge is 2.17. The van der Waals surface area contributed by atoms with Gasteiger partial charge in [0.05, 0.1) is 6.61 Å². The zero-order chi connectivity index (χ0) is 15.7. The molecular weight excluding hydrogens is 272 g/mol. The van der Waals surface area contributed by atoms with Crippen molar-refractivity contribution in [2.24, 2.45) is 0 Å². The van der Waals surface area contributed by atoms with Gasteiger partial charge in [0.25, 0.3) is 5.91 Å². The number of nitrogens with one attached hydrogen (secondary N) is 1. The lowest BCUT2D eigenvalue weighted by Gasteiger charge is -2.13. The number of esters is 1. The van der Waals surface area contributed by atoms with Crippen molar-refractivity contribution < 1.29 is 19.1 Å². The Labute approximate surface area is 124 Å². The number of benzene rings is 1. The third-order valence-corrected chi connectivity index (χ3v) is 2.85. The molecule has 0 fully saturated rings. The lowest BCUT2D eigenvalue weighted by atomic mass is 10.1. The number of aryl methyl sites for hydroxylation is 1. The first-order chi connectivity index (χ1) is 10.0. The SMILES string of the molecule is COCCNC(=O)C(C)OC(=O)CCc1cccc(N)c1. The van der Waals surface area contributed by atoms with Crippen molar-refractivity contribution in [1.82, 2.24) is 5.32 Å². The first-order valence-corrected chi connectivity index (χ1v) is 6.83. The van der Waals surface area contributed by atoms with E-state index >= 15 is 0 Å². The Morgan fingerprint density at radius 3 is 2.81 bits per heavy atom. The number of rotatable bonds is 8. The van der Waals surface area contributed by atoms with Crippen molar-refractivity contribution in [1.29, 1.82) is 0 Å². The minimum absolute atomic E-state index is 0.207. The fourth-order valence-corrected chi connectivity index (χ4v) is 1.72. The highest BCUT2D eigenvalue weighted by molar-refractivity contribution is 5.83. The number of nitrogen functional groups attached to an aromatic ring is 1. The number of methoxy groups -OCH3 is 1. The molecule has 0 saturated heterocycles. The molecule has 0 aliphatic heterocycles. The number of hydrogen-bond donors (Lipinski definition) is 2. The van der Waals surface area contributed by atoms with Crippen LogP contribution in [0.1, 0.15) is 18.9 Å². The Hall–Kier alpha value is -2.08. The molecule has 0 saturated carbocycles. The number of anilines is 1. The van der Waals surface area contributed by atoms with Crippen molar-refractivity contribution in [3.8, 4) is 0 Å². The van der Waals surface area contributed by atoms with Crippen LogP contribution in [0.4, 0.5) is 5.69 Å². The zero-order valence-electron chi connectivity index (χ0n) is 12.4. The van der Waals surface area contributed by atoms with Crippen LogP contribution in [0.5, 0.6) is 0 Å². The van der Waals surface area contributed by atoms with Gasteiger partial charge in [0.1, 0.15) is 0 Å². The fourth-order valence-electron chi connectivity index (χ4n) is 1.72. The van der Waals surface area contributed by atoms with Gasteiger partial charge in [0.15, 0.2) is 6.10 Å². The van der Waals surface area contributed by atoms with Crippen LogP contribution in [-0.2, 0) is 25.5 Å². The lowest BCUT2D eigenvalue weighted by Crippen LogP contribution is -2.37. The van der Waals surface area contributed by atoms with Crippen LogP contribution in [-0.4, -0.2) is 38.2 Å². The van der Waals surface area contributed by atoms with Crippen molar-refractivity contribution in [2.75, 3.05) is 26.0 Å². The van der Waals surface area contributed by atoms with Crippen molar-refractivity contribution in [3.05, 3.63) is 29.8 Å². The van der Waals surface area contributed by atoms with E-state index in [0.29, 0.717) is 25.3 Å². The predicted molar refractivity (Wildman–Crippen MR) is 79.6 cm³/mol. The monoisotopic (exact) mass is 294 g/mol. The molecule has 0 aromatic heterocycles. The molecule has 116 valence electrons. The van der Waals surface area contributed by atoms with Gasteiger partial charge >= 0.3 is 5.97 Å². The largest absolute Gasteiger partial charge is 0.453 e. The fraction of sp³-hybridized carbons (Fsp3) is 0.467.